The molecule has 0 aliphatic carbocycles. The van der Waals surface area contributed by atoms with Crippen LogP contribution < -0.4 is 10.3 Å². The van der Waals surface area contributed by atoms with Gasteiger partial charge in [0.25, 0.3) is 10.1 Å². The van der Waals surface area contributed by atoms with Gasteiger partial charge in [-0.15, -0.1) is 4.83 Å². The summed E-state index contributed by atoms with van der Waals surface area (Å²) in [4.78, 5) is 19.7. The summed E-state index contributed by atoms with van der Waals surface area (Å²) in [5, 5.41) is 0. The van der Waals surface area contributed by atoms with Crippen molar-refractivity contribution in [2.45, 2.75) is 25.3 Å². The molecule has 0 saturated carbocycles. The second kappa shape index (κ2) is 13.0. The molecule has 1 heterocycles. The highest BCUT2D eigenvalue weighted by Gasteiger charge is 2.26. The van der Waals surface area contributed by atoms with Crippen LogP contribution in [0.1, 0.15) is 30.0 Å². The minimum absolute atomic E-state index is 0.0170. The molecule has 0 bridgehead atoms. The van der Waals surface area contributed by atoms with Crippen LogP contribution in [-0.2, 0) is 31.4 Å². The van der Waals surface area contributed by atoms with Crippen molar-refractivity contribution in [2.24, 2.45) is 0 Å². The molecular weight excluding hydrogens is 492 g/mol. The van der Waals surface area contributed by atoms with Gasteiger partial charge >= 0.3 is 0 Å². The van der Waals surface area contributed by atoms with Gasteiger partial charge in [0.1, 0.15) is 0 Å². The first kappa shape index (κ1) is 28.7. The fraction of sp³-hybridized carbons (Fsp3) is 0.435. The van der Waals surface area contributed by atoms with E-state index >= 15 is 0 Å². The first-order chi connectivity index (χ1) is 16.3. The molecule has 194 valence electrons. The van der Waals surface area contributed by atoms with E-state index in [0.29, 0.717) is 11.9 Å². The van der Waals surface area contributed by atoms with Gasteiger partial charge in [0.2, 0.25) is 15.9 Å². The minimum atomic E-state index is -3.67. The summed E-state index contributed by atoms with van der Waals surface area (Å²) in [6.07, 6.45) is 4.36. The number of anilines is 1. The predicted octanol–water partition coefficient (Wildman–Crippen LogP) is 1.90. The van der Waals surface area contributed by atoms with Crippen LogP contribution in [0, 0.1) is 0 Å². The molecule has 12 heteroatoms. The molecule has 1 saturated heterocycles. The molecule has 2 aromatic rings. The zero-order chi connectivity index (χ0) is 26.1. The van der Waals surface area contributed by atoms with Gasteiger partial charge in [0, 0.05) is 13.6 Å². The Kier molecular flexibility index (Phi) is 10.7. The van der Waals surface area contributed by atoms with E-state index in [2.05, 4.69) is 27.3 Å². The number of hydrogen-bond donors (Lipinski definition) is 3. The fourth-order valence-electron chi connectivity index (χ4n) is 3.74. The van der Waals surface area contributed by atoms with Gasteiger partial charge in [-0.05, 0) is 43.1 Å². The number of hydrogen-bond acceptors (Lipinski definition) is 7. The van der Waals surface area contributed by atoms with Gasteiger partial charge in [0.15, 0.2) is 0 Å². The normalized spacial score (nSPS) is 15.1. The molecule has 1 aliphatic rings. The zero-order valence-corrected chi connectivity index (χ0v) is 21.8. The van der Waals surface area contributed by atoms with Crippen molar-refractivity contribution in [3.8, 4) is 0 Å². The van der Waals surface area contributed by atoms with Crippen molar-refractivity contribution in [1.82, 2.24) is 14.6 Å². The van der Waals surface area contributed by atoms with Gasteiger partial charge in [-0.3, -0.25) is 9.35 Å². The maximum absolute atomic E-state index is 13.2. The summed E-state index contributed by atoms with van der Waals surface area (Å²) < 4.78 is 48.7. The Morgan fingerprint density at radius 3 is 2.11 bits per heavy atom. The molecule has 0 radical (unpaired) electrons. The highest BCUT2D eigenvalue weighted by Crippen LogP contribution is 2.24. The van der Waals surface area contributed by atoms with E-state index in [-0.39, 0.29) is 18.4 Å². The largest absolute Gasteiger partial charge is 0.337 e. The van der Waals surface area contributed by atoms with Gasteiger partial charge in [0.05, 0.1) is 30.7 Å². The Labute approximate surface area is 208 Å². The summed E-state index contributed by atoms with van der Waals surface area (Å²) in [6, 6.07) is 17.3. The van der Waals surface area contributed by atoms with Crippen LogP contribution in [0.2, 0.25) is 0 Å². The Morgan fingerprint density at radius 2 is 1.54 bits per heavy atom. The standard InChI is InChI=1S/C22H30N4O3S.CH4O3S/c1-25(21(17-26-14-8-9-15-26)18-10-4-3-5-11-18)22(27)16-19-12-6-7-13-20(19)23-24-30(2,28)29;1-5(2,3)4/h3-7,10-13,21,23-24H,8-9,14-17H2,1-2H3;1H3,(H,2,3,4)/t21-;/m0./s1. The highest BCUT2D eigenvalue weighted by atomic mass is 32.2. The third kappa shape index (κ3) is 11.2. The SMILES string of the molecule is CN(C(=O)Cc1ccccc1NNS(C)(=O)=O)[C@@H](CN1CCCC1)c1ccccc1.CS(=O)(=O)O. The Bertz CT molecular complexity index is 1160. The van der Waals surface area contributed by atoms with Gasteiger partial charge in [-0.25, -0.2) is 8.42 Å². The van der Waals surface area contributed by atoms with Crippen LogP contribution in [0.4, 0.5) is 5.69 Å². The average Bonchev–Trinajstić information content (AvgIpc) is 3.28. The predicted molar refractivity (Wildman–Crippen MR) is 137 cm³/mol. The number of sulfonamides is 1. The average molecular weight is 527 g/mol. The van der Waals surface area contributed by atoms with E-state index in [1.54, 1.807) is 12.1 Å². The number of carbonyl (C=O) groups excluding carboxylic acids is 1. The van der Waals surface area contributed by atoms with E-state index in [4.69, 9.17) is 4.55 Å². The van der Waals surface area contributed by atoms with Gasteiger partial charge in [-0.1, -0.05) is 48.5 Å². The van der Waals surface area contributed by atoms with Crippen molar-refractivity contribution in [3.63, 3.8) is 0 Å². The van der Waals surface area contributed by atoms with E-state index in [1.165, 1.54) is 12.8 Å². The first-order valence-electron chi connectivity index (χ1n) is 11.1. The smallest absolute Gasteiger partial charge is 0.261 e. The van der Waals surface area contributed by atoms with E-state index in [9.17, 15) is 21.6 Å². The lowest BCUT2D eigenvalue weighted by molar-refractivity contribution is -0.131. The Hall–Kier alpha value is -2.51. The molecule has 0 unspecified atom stereocenters. The second-order valence-electron chi connectivity index (χ2n) is 8.51. The number of hydrazine groups is 1. The van der Waals surface area contributed by atoms with Crippen LogP contribution in [0.25, 0.3) is 0 Å². The number of rotatable bonds is 9. The first-order valence-corrected chi connectivity index (χ1v) is 14.8. The zero-order valence-electron chi connectivity index (χ0n) is 20.2. The molecule has 0 spiro atoms. The summed E-state index contributed by atoms with van der Waals surface area (Å²) in [5.74, 6) is -0.0170. The van der Waals surface area contributed by atoms with Crippen LogP contribution in [0.5, 0.6) is 0 Å². The topological polar surface area (TPSA) is 136 Å². The number of likely N-dealkylation sites (tertiary alicyclic amines) is 1. The lowest BCUT2D eigenvalue weighted by Crippen LogP contribution is -2.39. The number of benzene rings is 2. The van der Waals surface area contributed by atoms with Crippen LogP contribution in [-0.4, -0.2) is 76.3 Å². The van der Waals surface area contributed by atoms with Gasteiger partial charge in [-0.2, -0.15) is 8.42 Å². The lowest BCUT2D eigenvalue weighted by Gasteiger charge is -2.32. The van der Waals surface area contributed by atoms with Crippen molar-refractivity contribution < 1.29 is 26.2 Å². The number of likely N-dealkylation sites (N-methyl/N-ethyl adjacent to an activating group) is 1. The van der Waals surface area contributed by atoms with Crippen LogP contribution in [0.15, 0.2) is 54.6 Å². The number of para-hydroxylation sites is 1. The molecule has 3 N–H and O–H groups in total. The van der Waals surface area contributed by atoms with Crippen LogP contribution >= 0.6 is 0 Å². The van der Waals surface area contributed by atoms with Crippen molar-refractivity contribution >= 4 is 31.7 Å². The van der Waals surface area contributed by atoms with E-state index < -0.39 is 20.1 Å². The molecule has 3 rings (SSSR count). The summed E-state index contributed by atoms with van der Waals surface area (Å²) in [6.45, 7) is 2.94. The summed E-state index contributed by atoms with van der Waals surface area (Å²) >= 11 is 0. The molecule has 1 aliphatic heterocycles. The summed E-state index contributed by atoms with van der Waals surface area (Å²) in [7, 11) is -5.23. The Morgan fingerprint density at radius 1 is 1.00 bits per heavy atom. The quantitative estimate of drug-likeness (QED) is 0.333. The third-order valence-corrected chi connectivity index (χ3v) is 5.88. The Balaban J connectivity index is 0.000000784. The number of amides is 1. The highest BCUT2D eigenvalue weighted by molar-refractivity contribution is 7.88. The molecule has 1 atom stereocenters. The molecule has 0 aromatic heterocycles. The molecule has 35 heavy (non-hydrogen) atoms. The summed E-state index contributed by atoms with van der Waals surface area (Å²) in [5.41, 5.74) is 5.12. The third-order valence-electron chi connectivity index (χ3n) is 5.41. The number of nitrogens with one attached hydrogen (secondary N) is 2. The maximum Gasteiger partial charge on any atom is 0.261 e. The second-order valence-corrected chi connectivity index (χ2v) is 11.7. The minimum Gasteiger partial charge on any atom is -0.337 e. The van der Waals surface area contributed by atoms with Gasteiger partial charge < -0.3 is 15.2 Å². The molecular formula is C23H34N4O6S2. The molecule has 10 nitrogen and oxygen atoms in total. The number of nitrogens with zero attached hydrogens (tertiary/aromatic N) is 2. The van der Waals surface area contributed by atoms with Crippen molar-refractivity contribution in [3.05, 3.63) is 65.7 Å². The van der Waals surface area contributed by atoms with E-state index in [1.807, 2.05) is 42.3 Å². The molecule has 1 amide bonds. The lowest BCUT2D eigenvalue weighted by atomic mass is 10.0. The molecule has 1 fully saturated rings. The van der Waals surface area contributed by atoms with Crippen molar-refractivity contribution in [2.75, 3.05) is 44.6 Å². The number of carbonyl (C=O) groups is 1. The van der Waals surface area contributed by atoms with E-state index in [0.717, 1.165) is 37.0 Å². The molecule has 2 aromatic carbocycles. The van der Waals surface area contributed by atoms with Crippen LogP contribution in [0.3, 0.4) is 0 Å². The maximum atomic E-state index is 13.2. The monoisotopic (exact) mass is 526 g/mol. The van der Waals surface area contributed by atoms with Crippen molar-refractivity contribution in [1.29, 1.82) is 0 Å². The fourth-order valence-corrected chi connectivity index (χ4v) is 4.04.